The molecule has 2 aromatic rings. The highest BCUT2D eigenvalue weighted by atomic mass is 19.1. The molecule has 1 atom stereocenters. The molecule has 1 heterocycles. The van der Waals surface area contributed by atoms with Gasteiger partial charge in [0.15, 0.2) is 11.5 Å². The molecule has 3 rings (SSSR count). The molecule has 1 amide bonds. The summed E-state index contributed by atoms with van der Waals surface area (Å²) >= 11 is 0. The molecule has 0 spiro atoms. The topological polar surface area (TPSA) is 76.1 Å². The van der Waals surface area contributed by atoms with E-state index in [1.54, 1.807) is 36.4 Å². The molecule has 1 unspecified atom stereocenters. The highest BCUT2D eigenvalue weighted by Gasteiger charge is 2.34. The van der Waals surface area contributed by atoms with Gasteiger partial charge < -0.3 is 19.5 Å². The fraction of sp³-hybridized carbons (Fsp3) is 0.333. The average molecular weight is 387 g/mol. The molecular weight excluding hydrogens is 365 g/mol. The maximum atomic E-state index is 13.8. The van der Waals surface area contributed by atoms with Gasteiger partial charge >= 0.3 is 5.97 Å². The van der Waals surface area contributed by atoms with Crippen LogP contribution in [0.2, 0.25) is 0 Å². The van der Waals surface area contributed by atoms with Crippen molar-refractivity contribution in [1.82, 2.24) is 4.90 Å². The van der Waals surface area contributed by atoms with Gasteiger partial charge in [-0.15, -0.1) is 0 Å². The lowest BCUT2D eigenvalue weighted by Gasteiger charge is -2.18. The Bertz CT molecular complexity index is 870. The fourth-order valence-corrected chi connectivity index (χ4v) is 3.12. The maximum absolute atomic E-state index is 13.8. The molecule has 0 radical (unpaired) electrons. The van der Waals surface area contributed by atoms with Crippen LogP contribution in [-0.2, 0) is 22.7 Å². The zero-order valence-electron chi connectivity index (χ0n) is 15.6. The van der Waals surface area contributed by atoms with Gasteiger partial charge in [0.1, 0.15) is 12.4 Å². The van der Waals surface area contributed by atoms with E-state index in [1.807, 2.05) is 6.92 Å². The number of nitrogens with zero attached hydrogens (tertiary/aromatic N) is 1. The van der Waals surface area contributed by atoms with Crippen LogP contribution in [0.25, 0.3) is 0 Å². The van der Waals surface area contributed by atoms with E-state index < -0.39 is 11.9 Å². The Balaban J connectivity index is 1.71. The van der Waals surface area contributed by atoms with Crippen molar-refractivity contribution in [3.05, 3.63) is 59.4 Å². The first-order chi connectivity index (χ1) is 13.5. The first-order valence-electron chi connectivity index (χ1n) is 9.10. The summed E-state index contributed by atoms with van der Waals surface area (Å²) in [4.78, 5) is 24.7. The summed E-state index contributed by atoms with van der Waals surface area (Å²) < 4.78 is 25.1. The molecule has 7 heteroatoms. The number of amides is 1. The summed E-state index contributed by atoms with van der Waals surface area (Å²) in [6, 6.07) is 11.7. The van der Waals surface area contributed by atoms with Crippen LogP contribution in [0, 0.1) is 11.7 Å². The highest BCUT2D eigenvalue weighted by molar-refractivity contribution is 5.86. The molecule has 1 N–H and O–H groups in total. The lowest BCUT2D eigenvalue weighted by atomic mass is 10.1. The third kappa shape index (κ3) is 4.60. The van der Waals surface area contributed by atoms with Crippen LogP contribution < -0.4 is 9.47 Å². The summed E-state index contributed by atoms with van der Waals surface area (Å²) in [5.41, 5.74) is 1.25. The molecule has 1 aliphatic rings. The number of hydrogen-bond donors (Lipinski definition) is 1. The lowest BCUT2D eigenvalue weighted by molar-refractivity contribution is -0.141. The molecule has 1 saturated heterocycles. The average Bonchev–Trinajstić information content (AvgIpc) is 3.03. The van der Waals surface area contributed by atoms with Gasteiger partial charge in [-0.2, -0.15) is 0 Å². The molecule has 0 bridgehead atoms. The van der Waals surface area contributed by atoms with Crippen LogP contribution in [0.15, 0.2) is 42.5 Å². The van der Waals surface area contributed by atoms with Crippen molar-refractivity contribution < 1.29 is 28.6 Å². The number of aliphatic carboxylic acids is 1. The number of carboxylic acids is 1. The van der Waals surface area contributed by atoms with Crippen molar-refractivity contribution in [3.63, 3.8) is 0 Å². The minimum absolute atomic E-state index is 0.0253. The summed E-state index contributed by atoms with van der Waals surface area (Å²) in [7, 11) is 0. The van der Waals surface area contributed by atoms with Gasteiger partial charge in [0.2, 0.25) is 5.91 Å². The Morgan fingerprint density at radius 2 is 2.00 bits per heavy atom. The molecule has 1 aliphatic heterocycles. The maximum Gasteiger partial charge on any atom is 0.308 e. The third-order valence-corrected chi connectivity index (χ3v) is 4.59. The number of ether oxygens (including phenoxy) is 2. The van der Waals surface area contributed by atoms with Gasteiger partial charge in [-0.1, -0.05) is 24.3 Å². The van der Waals surface area contributed by atoms with E-state index in [0.29, 0.717) is 30.2 Å². The Hall–Kier alpha value is -3.09. The van der Waals surface area contributed by atoms with Crippen molar-refractivity contribution >= 4 is 11.9 Å². The Morgan fingerprint density at radius 3 is 2.68 bits per heavy atom. The Kier molecular flexibility index (Phi) is 6.13. The van der Waals surface area contributed by atoms with E-state index in [2.05, 4.69) is 0 Å². The molecule has 2 aromatic carbocycles. The van der Waals surface area contributed by atoms with E-state index in [-0.39, 0.29) is 31.3 Å². The van der Waals surface area contributed by atoms with Crippen molar-refractivity contribution in [2.45, 2.75) is 26.5 Å². The van der Waals surface area contributed by atoms with E-state index in [0.717, 1.165) is 5.56 Å². The van der Waals surface area contributed by atoms with E-state index in [4.69, 9.17) is 14.6 Å². The molecule has 0 aromatic heterocycles. The van der Waals surface area contributed by atoms with Crippen LogP contribution in [0.4, 0.5) is 4.39 Å². The first kappa shape index (κ1) is 19.7. The van der Waals surface area contributed by atoms with Gasteiger partial charge in [0.25, 0.3) is 0 Å². The zero-order valence-corrected chi connectivity index (χ0v) is 15.6. The summed E-state index contributed by atoms with van der Waals surface area (Å²) in [6.07, 6.45) is 0.0253. The number of benzene rings is 2. The Morgan fingerprint density at radius 1 is 1.21 bits per heavy atom. The summed E-state index contributed by atoms with van der Waals surface area (Å²) in [5, 5.41) is 9.10. The van der Waals surface area contributed by atoms with Crippen molar-refractivity contribution in [1.29, 1.82) is 0 Å². The van der Waals surface area contributed by atoms with E-state index in [1.165, 1.54) is 11.0 Å². The minimum atomic E-state index is -0.956. The molecule has 0 saturated carbocycles. The summed E-state index contributed by atoms with van der Waals surface area (Å²) in [6.45, 7) is 2.83. The van der Waals surface area contributed by atoms with Crippen LogP contribution in [0.3, 0.4) is 0 Å². The van der Waals surface area contributed by atoms with Gasteiger partial charge in [-0.05, 0) is 30.7 Å². The van der Waals surface area contributed by atoms with Crippen LogP contribution >= 0.6 is 0 Å². The predicted octanol–water partition coefficient (Wildman–Crippen LogP) is 3.24. The number of rotatable bonds is 8. The van der Waals surface area contributed by atoms with Gasteiger partial charge in [0.05, 0.1) is 12.5 Å². The monoisotopic (exact) mass is 387 g/mol. The smallest absolute Gasteiger partial charge is 0.308 e. The molecular formula is C21H22FNO5. The van der Waals surface area contributed by atoms with Gasteiger partial charge in [-0.25, -0.2) is 4.39 Å². The number of carbonyl (C=O) groups excluding carboxylic acids is 1. The van der Waals surface area contributed by atoms with E-state index in [9.17, 15) is 14.0 Å². The highest BCUT2D eigenvalue weighted by Crippen LogP contribution is 2.31. The number of likely N-dealkylation sites (tertiary alicyclic amines) is 1. The van der Waals surface area contributed by atoms with Crippen molar-refractivity contribution in [3.8, 4) is 11.5 Å². The fourth-order valence-electron chi connectivity index (χ4n) is 3.12. The number of carboxylic acid groups (broad SMARTS) is 1. The largest absolute Gasteiger partial charge is 0.490 e. The molecule has 0 aliphatic carbocycles. The normalized spacial score (nSPS) is 16.3. The second-order valence-electron chi connectivity index (χ2n) is 6.61. The molecule has 6 nitrogen and oxygen atoms in total. The van der Waals surface area contributed by atoms with Crippen LogP contribution in [0.1, 0.15) is 24.5 Å². The number of hydrogen-bond acceptors (Lipinski definition) is 4. The molecule has 148 valence electrons. The number of carbonyl (C=O) groups is 2. The standard InChI is InChI=1S/C21H22FNO5/c1-2-27-19-9-14(11-23-12-16(21(25)26)10-20(23)24)7-8-18(19)28-13-15-5-3-4-6-17(15)22/h3-9,16H,2,10-13H2,1H3,(H,25,26). The quantitative estimate of drug-likeness (QED) is 0.753. The SMILES string of the molecule is CCOc1cc(CN2CC(C(=O)O)CC2=O)ccc1OCc1ccccc1F. The number of halogens is 1. The predicted molar refractivity (Wildman–Crippen MR) is 99.5 cm³/mol. The second kappa shape index (κ2) is 8.73. The van der Waals surface area contributed by atoms with Gasteiger partial charge in [0, 0.05) is 25.1 Å². The van der Waals surface area contributed by atoms with Crippen LogP contribution in [-0.4, -0.2) is 35.0 Å². The molecule has 28 heavy (non-hydrogen) atoms. The second-order valence-corrected chi connectivity index (χ2v) is 6.61. The first-order valence-corrected chi connectivity index (χ1v) is 9.10. The van der Waals surface area contributed by atoms with E-state index >= 15 is 0 Å². The summed E-state index contributed by atoms with van der Waals surface area (Å²) in [5.74, 6) is -1.16. The third-order valence-electron chi connectivity index (χ3n) is 4.59. The lowest BCUT2D eigenvalue weighted by Crippen LogP contribution is -2.25. The van der Waals surface area contributed by atoms with Gasteiger partial charge in [-0.3, -0.25) is 9.59 Å². The Labute approximate surface area is 162 Å². The van der Waals surface area contributed by atoms with Crippen molar-refractivity contribution in [2.75, 3.05) is 13.2 Å². The zero-order chi connectivity index (χ0) is 20.1. The molecule has 1 fully saturated rings. The minimum Gasteiger partial charge on any atom is -0.490 e. The van der Waals surface area contributed by atoms with Crippen molar-refractivity contribution in [2.24, 2.45) is 5.92 Å². The van der Waals surface area contributed by atoms with Crippen LogP contribution in [0.5, 0.6) is 11.5 Å².